The van der Waals surface area contributed by atoms with Gasteiger partial charge in [0.2, 0.25) is 0 Å². The number of hydrogen-bond acceptors (Lipinski definition) is 4. The first-order valence-corrected chi connectivity index (χ1v) is 10.7. The Bertz CT molecular complexity index is 1010. The summed E-state index contributed by atoms with van der Waals surface area (Å²) in [6, 6.07) is 7.95. The fourth-order valence-corrected chi connectivity index (χ4v) is 4.34. The van der Waals surface area contributed by atoms with Gasteiger partial charge in [-0.2, -0.15) is 0 Å². The Kier molecular flexibility index (Phi) is 5.49. The number of nitrogens with one attached hydrogen (secondary N) is 1. The molecule has 0 amide bonds. The van der Waals surface area contributed by atoms with Crippen LogP contribution in [-0.4, -0.2) is 26.7 Å². The summed E-state index contributed by atoms with van der Waals surface area (Å²) < 4.78 is 53.2. The molecule has 0 atom stereocenters. The van der Waals surface area contributed by atoms with Gasteiger partial charge >= 0.3 is 7.12 Å². The fraction of sp³-hybridized carbons (Fsp3) is 0.333. The average molecular weight is 446 g/mol. The lowest BCUT2D eigenvalue weighted by atomic mass is 9.79. The second kappa shape index (κ2) is 7.18. The quantitative estimate of drug-likeness (QED) is 0.715. The number of benzene rings is 2. The molecule has 1 N–H and O–H groups in total. The molecule has 0 radical (unpaired) electrons. The van der Waals surface area contributed by atoms with Crippen molar-refractivity contribution in [3.8, 4) is 0 Å². The summed E-state index contributed by atoms with van der Waals surface area (Å²) in [6.45, 7) is 7.71. The van der Waals surface area contributed by atoms with Gasteiger partial charge in [0.25, 0.3) is 10.0 Å². The summed E-state index contributed by atoms with van der Waals surface area (Å²) in [6.07, 6.45) is 0. The van der Waals surface area contributed by atoms with Crippen molar-refractivity contribution in [2.75, 3.05) is 4.72 Å². The lowest BCUT2D eigenvalue weighted by Crippen LogP contribution is -2.41. The highest BCUT2D eigenvalue weighted by Gasteiger charge is 2.51. The maximum Gasteiger partial charge on any atom is 0.494 e. The highest BCUT2D eigenvalue weighted by Crippen LogP contribution is 2.37. The van der Waals surface area contributed by atoms with Crippen molar-refractivity contribution in [3.05, 3.63) is 52.3 Å². The third-order valence-corrected chi connectivity index (χ3v) is 6.87. The number of sulfonamides is 1. The van der Waals surface area contributed by atoms with Gasteiger partial charge in [0.1, 0.15) is 10.7 Å². The van der Waals surface area contributed by atoms with Crippen LogP contribution in [0.2, 0.25) is 10.0 Å². The van der Waals surface area contributed by atoms with E-state index < -0.39 is 39.1 Å². The van der Waals surface area contributed by atoms with E-state index in [1.54, 1.807) is 12.1 Å². The summed E-state index contributed by atoms with van der Waals surface area (Å²) in [5.74, 6) is -0.915. The van der Waals surface area contributed by atoms with Crippen LogP contribution < -0.4 is 10.2 Å². The third kappa shape index (κ3) is 4.02. The molecule has 0 unspecified atom stereocenters. The standard InChI is InChI=1S/C18H19BCl2FNO4S/c1-17(2)18(3,4)27-19(26-17)11-5-8-15(13(21)9-11)23-28(24,25)16-10-12(20)6-7-14(16)22/h5-10,23H,1-4H3. The van der Waals surface area contributed by atoms with Crippen LogP contribution in [0.5, 0.6) is 0 Å². The summed E-state index contributed by atoms with van der Waals surface area (Å²) >= 11 is 12.0. The normalized spacial score (nSPS) is 18.3. The SMILES string of the molecule is CC1(C)OB(c2ccc(NS(=O)(=O)c3cc(Cl)ccc3F)c(Cl)c2)OC1(C)C. The van der Waals surface area contributed by atoms with Gasteiger partial charge in [-0.3, -0.25) is 4.72 Å². The van der Waals surface area contributed by atoms with Crippen LogP contribution in [0.1, 0.15) is 27.7 Å². The molecule has 3 rings (SSSR count). The highest BCUT2D eigenvalue weighted by atomic mass is 35.5. The van der Waals surface area contributed by atoms with Crippen molar-refractivity contribution in [2.24, 2.45) is 0 Å². The molecule has 0 spiro atoms. The van der Waals surface area contributed by atoms with Gasteiger partial charge in [-0.1, -0.05) is 29.3 Å². The zero-order valence-corrected chi connectivity index (χ0v) is 18.0. The molecule has 0 aromatic heterocycles. The third-order valence-electron chi connectivity index (χ3n) is 4.95. The highest BCUT2D eigenvalue weighted by molar-refractivity contribution is 7.92. The van der Waals surface area contributed by atoms with Gasteiger partial charge in [-0.25, -0.2) is 12.8 Å². The molecular weight excluding hydrogens is 427 g/mol. The Hall–Kier alpha value is -1.32. The Labute approximate surface area is 174 Å². The minimum atomic E-state index is -4.21. The van der Waals surface area contributed by atoms with Crippen molar-refractivity contribution in [1.29, 1.82) is 0 Å². The predicted molar refractivity (Wildman–Crippen MR) is 109 cm³/mol. The molecule has 5 nitrogen and oxygen atoms in total. The minimum absolute atomic E-state index is 0.0984. The number of anilines is 1. The number of rotatable bonds is 4. The molecular formula is C18H19BCl2FNO4S. The molecule has 1 heterocycles. The molecule has 2 aromatic carbocycles. The molecule has 1 aliphatic heterocycles. The van der Waals surface area contributed by atoms with E-state index in [1.165, 1.54) is 12.1 Å². The van der Waals surface area contributed by atoms with E-state index >= 15 is 0 Å². The van der Waals surface area contributed by atoms with Crippen LogP contribution in [0.15, 0.2) is 41.3 Å². The number of hydrogen-bond donors (Lipinski definition) is 1. The Morgan fingerprint density at radius 3 is 2.18 bits per heavy atom. The molecule has 2 aromatic rings. The van der Waals surface area contributed by atoms with Gasteiger partial charge in [-0.15, -0.1) is 0 Å². The van der Waals surface area contributed by atoms with Crippen molar-refractivity contribution in [2.45, 2.75) is 43.8 Å². The van der Waals surface area contributed by atoms with Crippen LogP contribution in [0.3, 0.4) is 0 Å². The molecule has 150 valence electrons. The maximum atomic E-state index is 13.9. The van der Waals surface area contributed by atoms with Gasteiger partial charge in [0.05, 0.1) is 21.9 Å². The zero-order valence-electron chi connectivity index (χ0n) is 15.7. The largest absolute Gasteiger partial charge is 0.494 e. The molecule has 0 aliphatic carbocycles. The smallest absolute Gasteiger partial charge is 0.399 e. The summed E-state index contributed by atoms with van der Waals surface area (Å²) in [7, 11) is -4.85. The van der Waals surface area contributed by atoms with E-state index in [2.05, 4.69) is 4.72 Å². The van der Waals surface area contributed by atoms with Crippen molar-refractivity contribution >= 4 is 51.5 Å². The lowest BCUT2D eigenvalue weighted by molar-refractivity contribution is 0.00578. The molecule has 1 saturated heterocycles. The Balaban J connectivity index is 1.87. The molecule has 0 saturated carbocycles. The van der Waals surface area contributed by atoms with Gasteiger partial charge in [0.15, 0.2) is 0 Å². The van der Waals surface area contributed by atoms with Gasteiger partial charge in [0, 0.05) is 5.02 Å². The van der Waals surface area contributed by atoms with E-state index in [0.717, 1.165) is 12.1 Å². The summed E-state index contributed by atoms with van der Waals surface area (Å²) in [5, 5.41) is 0.224. The van der Waals surface area contributed by atoms with E-state index in [-0.39, 0.29) is 15.7 Å². The van der Waals surface area contributed by atoms with Crippen LogP contribution in [0, 0.1) is 5.82 Å². The minimum Gasteiger partial charge on any atom is -0.399 e. The number of halogens is 3. The van der Waals surface area contributed by atoms with E-state index in [0.29, 0.717) is 5.46 Å². The fourth-order valence-electron chi connectivity index (χ4n) is 2.62. The first kappa shape index (κ1) is 21.4. The molecule has 10 heteroatoms. The van der Waals surface area contributed by atoms with Crippen LogP contribution in [0.4, 0.5) is 10.1 Å². The molecule has 1 aliphatic rings. The second-order valence-corrected chi connectivity index (χ2v) is 10.0. The second-order valence-electron chi connectivity index (χ2n) is 7.51. The van der Waals surface area contributed by atoms with Gasteiger partial charge < -0.3 is 9.31 Å². The van der Waals surface area contributed by atoms with E-state index in [1.807, 2.05) is 27.7 Å². The molecule has 1 fully saturated rings. The molecule has 0 bridgehead atoms. The van der Waals surface area contributed by atoms with Gasteiger partial charge in [-0.05, 0) is 63.5 Å². The van der Waals surface area contributed by atoms with Crippen molar-refractivity contribution in [1.82, 2.24) is 0 Å². The maximum absolute atomic E-state index is 13.9. The topological polar surface area (TPSA) is 64.6 Å². The van der Waals surface area contributed by atoms with Crippen LogP contribution >= 0.6 is 23.2 Å². The zero-order chi connectivity index (χ0) is 20.9. The Morgan fingerprint density at radius 2 is 1.61 bits per heavy atom. The monoisotopic (exact) mass is 445 g/mol. The van der Waals surface area contributed by atoms with Crippen LogP contribution in [-0.2, 0) is 19.3 Å². The van der Waals surface area contributed by atoms with E-state index in [4.69, 9.17) is 32.5 Å². The molecule has 28 heavy (non-hydrogen) atoms. The first-order chi connectivity index (χ1) is 12.8. The van der Waals surface area contributed by atoms with Crippen molar-refractivity contribution < 1.29 is 22.1 Å². The average Bonchev–Trinajstić information content (AvgIpc) is 2.79. The summed E-state index contributed by atoms with van der Waals surface area (Å²) in [5.41, 5.74) is -0.301. The lowest BCUT2D eigenvalue weighted by Gasteiger charge is -2.32. The van der Waals surface area contributed by atoms with Crippen molar-refractivity contribution in [3.63, 3.8) is 0 Å². The first-order valence-electron chi connectivity index (χ1n) is 8.45. The summed E-state index contributed by atoms with van der Waals surface area (Å²) in [4.78, 5) is -0.564. The van der Waals surface area contributed by atoms with E-state index in [9.17, 15) is 12.8 Å². The Morgan fingerprint density at radius 1 is 1.00 bits per heavy atom. The van der Waals surface area contributed by atoms with Crippen LogP contribution in [0.25, 0.3) is 0 Å². The predicted octanol–water partition coefficient (Wildman–Crippen LogP) is 4.23.